The summed E-state index contributed by atoms with van der Waals surface area (Å²) in [6.45, 7) is 5.09. The van der Waals surface area contributed by atoms with Crippen molar-refractivity contribution in [1.82, 2.24) is 14.7 Å². The third-order valence-electron chi connectivity index (χ3n) is 5.76. The lowest BCUT2D eigenvalue weighted by atomic mass is 9.96. The van der Waals surface area contributed by atoms with Crippen LogP contribution < -0.4 is 5.32 Å². The quantitative estimate of drug-likeness (QED) is 0.682. The number of urea groups is 1. The Kier molecular flexibility index (Phi) is 8.43. The van der Waals surface area contributed by atoms with Crippen molar-refractivity contribution >= 4 is 46.7 Å². The van der Waals surface area contributed by atoms with Gasteiger partial charge in [-0.15, -0.1) is 0 Å². The Hall–Kier alpha value is -1.99. The van der Waals surface area contributed by atoms with E-state index >= 15 is 0 Å². The summed E-state index contributed by atoms with van der Waals surface area (Å²) in [4.78, 5) is 43.8. The summed E-state index contributed by atoms with van der Waals surface area (Å²) in [7, 11) is 0. The van der Waals surface area contributed by atoms with E-state index in [0.717, 1.165) is 45.2 Å². The molecule has 0 spiro atoms. The van der Waals surface area contributed by atoms with E-state index in [1.165, 1.54) is 0 Å². The van der Waals surface area contributed by atoms with Crippen LogP contribution >= 0.6 is 23.2 Å². The predicted molar refractivity (Wildman–Crippen MR) is 122 cm³/mol. The van der Waals surface area contributed by atoms with Crippen molar-refractivity contribution in [3.8, 4) is 0 Å². The lowest BCUT2D eigenvalue weighted by Gasteiger charge is -2.36. The number of halogens is 2. The van der Waals surface area contributed by atoms with Gasteiger partial charge in [-0.25, -0.2) is 4.79 Å². The smallest absolute Gasteiger partial charge is 0.320 e. The van der Waals surface area contributed by atoms with Crippen LogP contribution in [0.3, 0.4) is 0 Å². The number of piperidine rings is 1. The molecule has 1 atom stereocenters. The first-order valence-corrected chi connectivity index (χ1v) is 11.7. The number of anilines is 1. The molecule has 0 aromatic heterocycles. The molecule has 0 saturated carbocycles. The van der Waals surface area contributed by atoms with Crippen molar-refractivity contribution < 1.29 is 14.4 Å². The van der Waals surface area contributed by atoms with Gasteiger partial charge in [-0.3, -0.25) is 9.59 Å². The maximum Gasteiger partial charge on any atom is 0.320 e. The molecule has 2 heterocycles. The van der Waals surface area contributed by atoms with Crippen LogP contribution in [0, 0.1) is 5.92 Å². The molecule has 2 aliphatic heterocycles. The number of hydrogen-bond donors (Lipinski definition) is 1. The van der Waals surface area contributed by atoms with Gasteiger partial charge in [-0.2, -0.15) is 0 Å². The second kappa shape index (κ2) is 11.0. The minimum atomic E-state index is -0.313. The minimum absolute atomic E-state index is 0.0344. The van der Waals surface area contributed by atoms with Crippen molar-refractivity contribution in [2.75, 3.05) is 44.6 Å². The SMILES string of the molecule is CCCN(CC(=O)Nc1ccc(Cl)cc1Cl)C(=O)C1CCCN(C(=O)N2CCCC2)C1. The molecule has 2 fully saturated rings. The van der Waals surface area contributed by atoms with E-state index in [0.29, 0.717) is 35.4 Å². The highest BCUT2D eigenvalue weighted by molar-refractivity contribution is 6.36. The fraction of sp³-hybridized carbons (Fsp3) is 0.591. The number of likely N-dealkylation sites (tertiary alicyclic amines) is 2. The van der Waals surface area contributed by atoms with Crippen LogP contribution in [0.1, 0.15) is 39.0 Å². The van der Waals surface area contributed by atoms with Crippen LogP contribution in [0.4, 0.5) is 10.5 Å². The molecule has 170 valence electrons. The molecule has 1 N–H and O–H groups in total. The Balaban J connectivity index is 1.60. The van der Waals surface area contributed by atoms with Gasteiger partial charge < -0.3 is 20.0 Å². The number of nitrogens with one attached hydrogen (secondary N) is 1. The molecule has 4 amide bonds. The summed E-state index contributed by atoms with van der Waals surface area (Å²) in [6, 6.07) is 4.87. The molecule has 0 aliphatic carbocycles. The van der Waals surface area contributed by atoms with Crippen LogP contribution in [0.15, 0.2) is 18.2 Å². The minimum Gasteiger partial charge on any atom is -0.333 e. The van der Waals surface area contributed by atoms with E-state index in [1.54, 1.807) is 28.0 Å². The second-order valence-corrected chi connectivity index (χ2v) is 9.04. The van der Waals surface area contributed by atoms with E-state index in [2.05, 4.69) is 5.32 Å². The molecule has 3 rings (SSSR count). The van der Waals surface area contributed by atoms with Gasteiger partial charge in [0.2, 0.25) is 11.8 Å². The van der Waals surface area contributed by atoms with Gasteiger partial charge >= 0.3 is 6.03 Å². The highest BCUT2D eigenvalue weighted by Crippen LogP contribution is 2.26. The van der Waals surface area contributed by atoms with Crippen LogP contribution in [0.5, 0.6) is 0 Å². The Bertz CT molecular complexity index is 814. The van der Waals surface area contributed by atoms with Crippen LogP contribution in [0.2, 0.25) is 10.0 Å². The molecular formula is C22H30Cl2N4O3. The number of hydrogen-bond acceptors (Lipinski definition) is 3. The molecule has 1 aromatic rings. The van der Waals surface area contributed by atoms with Crippen molar-refractivity contribution in [1.29, 1.82) is 0 Å². The number of amides is 4. The Morgan fingerprint density at radius 1 is 1.10 bits per heavy atom. The lowest BCUT2D eigenvalue weighted by molar-refractivity contribution is -0.139. The van der Waals surface area contributed by atoms with Crippen LogP contribution in [0.25, 0.3) is 0 Å². The molecule has 0 radical (unpaired) electrons. The highest BCUT2D eigenvalue weighted by Gasteiger charge is 2.33. The first-order valence-electron chi connectivity index (χ1n) is 11.0. The van der Waals surface area contributed by atoms with Gasteiger partial charge in [0.05, 0.1) is 23.2 Å². The molecule has 31 heavy (non-hydrogen) atoms. The number of carbonyl (C=O) groups excluding carboxylic acids is 3. The summed E-state index contributed by atoms with van der Waals surface area (Å²) in [5.41, 5.74) is 0.458. The highest BCUT2D eigenvalue weighted by atomic mass is 35.5. The Labute approximate surface area is 193 Å². The molecule has 1 unspecified atom stereocenters. The van der Waals surface area contributed by atoms with Crippen molar-refractivity contribution in [3.63, 3.8) is 0 Å². The third-order valence-corrected chi connectivity index (χ3v) is 6.31. The average Bonchev–Trinajstić information content (AvgIpc) is 3.29. The standard InChI is InChI=1S/C22H30Cl2N4O3/c1-2-9-27(15-20(29)25-19-8-7-17(23)13-18(19)24)21(30)16-6-5-12-28(14-16)22(31)26-10-3-4-11-26/h7-8,13,16H,2-6,9-12,14-15H2,1H3,(H,25,29). The third kappa shape index (κ3) is 6.26. The Morgan fingerprint density at radius 3 is 2.48 bits per heavy atom. The van der Waals surface area contributed by atoms with E-state index < -0.39 is 0 Å². The number of rotatable bonds is 6. The monoisotopic (exact) mass is 468 g/mol. The van der Waals surface area contributed by atoms with Gasteiger partial charge in [0, 0.05) is 37.7 Å². The van der Waals surface area contributed by atoms with Crippen LogP contribution in [-0.4, -0.2) is 71.8 Å². The van der Waals surface area contributed by atoms with Gasteiger partial charge in [0.25, 0.3) is 0 Å². The van der Waals surface area contributed by atoms with Gasteiger partial charge in [0.15, 0.2) is 0 Å². The molecule has 1 aromatic carbocycles. The zero-order valence-electron chi connectivity index (χ0n) is 17.9. The molecule has 7 nitrogen and oxygen atoms in total. The maximum absolute atomic E-state index is 13.2. The summed E-state index contributed by atoms with van der Waals surface area (Å²) in [6.07, 6.45) is 4.35. The van der Waals surface area contributed by atoms with Crippen molar-refractivity contribution in [2.24, 2.45) is 5.92 Å². The lowest BCUT2D eigenvalue weighted by Crippen LogP contribution is -2.51. The van der Waals surface area contributed by atoms with E-state index in [1.807, 2.05) is 11.8 Å². The average molecular weight is 469 g/mol. The summed E-state index contributed by atoms with van der Waals surface area (Å²) < 4.78 is 0. The predicted octanol–water partition coefficient (Wildman–Crippen LogP) is 4.10. The maximum atomic E-state index is 13.2. The Morgan fingerprint density at radius 2 is 1.81 bits per heavy atom. The topological polar surface area (TPSA) is 73.0 Å². The zero-order valence-corrected chi connectivity index (χ0v) is 19.4. The normalized spacial score (nSPS) is 18.7. The van der Waals surface area contributed by atoms with Gasteiger partial charge in [0.1, 0.15) is 0 Å². The second-order valence-electron chi connectivity index (χ2n) is 8.19. The first-order chi connectivity index (χ1) is 14.9. The van der Waals surface area contributed by atoms with Crippen LogP contribution in [-0.2, 0) is 9.59 Å². The number of benzene rings is 1. The molecule has 9 heteroatoms. The van der Waals surface area contributed by atoms with E-state index in [4.69, 9.17) is 23.2 Å². The largest absolute Gasteiger partial charge is 0.333 e. The summed E-state index contributed by atoms with van der Waals surface area (Å²) in [5, 5.41) is 3.58. The summed E-state index contributed by atoms with van der Waals surface area (Å²) >= 11 is 12.0. The fourth-order valence-corrected chi connectivity index (χ4v) is 4.67. The molecule has 2 aliphatic rings. The van der Waals surface area contributed by atoms with Crippen molar-refractivity contribution in [2.45, 2.75) is 39.0 Å². The van der Waals surface area contributed by atoms with Gasteiger partial charge in [-0.1, -0.05) is 30.1 Å². The molecular weight excluding hydrogens is 439 g/mol. The van der Waals surface area contributed by atoms with E-state index in [-0.39, 0.29) is 30.3 Å². The summed E-state index contributed by atoms with van der Waals surface area (Å²) in [5.74, 6) is -0.663. The fourth-order valence-electron chi connectivity index (χ4n) is 4.21. The zero-order chi connectivity index (χ0) is 22.4. The number of carbonyl (C=O) groups is 3. The molecule has 2 saturated heterocycles. The number of nitrogens with zero attached hydrogens (tertiary/aromatic N) is 3. The first kappa shape index (κ1) is 23.7. The van der Waals surface area contributed by atoms with Crippen molar-refractivity contribution in [3.05, 3.63) is 28.2 Å². The van der Waals surface area contributed by atoms with Gasteiger partial charge in [-0.05, 0) is 50.3 Å². The molecule has 0 bridgehead atoms. The van der Waals surface area contributed by atoms with E-state index in [9.17, 15) is 14.4 Å².